The molecule has 1 unspecified atom stereocenters. The molecule has 1 aromatic rings. The molecular weight excluding hydrogens is 158 g/mol. The van der Waals surface area contributed by atoms with E-state index in [0.29, 0.717) is 6.04 Å². The smallest absolute Gasteiger partial charge is 0.0329 e. The van der Waals surface area contributed by atoms with Crippen molar-refractivity contribution < 1.29 is 0 Å². The average molecular weight is 173 g/mol. The zero-order valence-corrected chi connectivity index (χ0v) is 7.79. The standard InChI is InChI=1S/C12H15N/c1-2-4-11-10(3-1)8-13-12(11)7-9-5-6-9/h1-4,9,12-13H,5-8H2. The fraction of sp³-hybridized carbons (Fsp3) is 0.500. The van der Waals surface area contributed by atoms with Crippen molar-refractivity contribution >= 4 is 0 Å². The fourth-order valence-electron chi connectivity index (χ4n) is 2.28. The summed E-state index contributed by atoms with van der Waals surface area (Å²) in [5.74, 6) is 1.02. The van der Waals surface area contributed by atoms with Crippen LogP contribution in [0.25, 0.3) is 0 Å². The fourth-order valence-corrected chi connectivity index (χ4v) is 2.28. The highest BCUT2D eigenvalue weighted by atomic mass is 14.9. The lowest BCUT2D eigenvalue weighted by atomic mass is 10.0. The molecule has 1 aliphatic heterocycles. The second kappa shape index (κ2) is 2.85. The Morgan fingerprint density at radius 2 is 2.08 bits per heavy atom. The molecule has 1 heterocycles. The van der Waals surface area contributed by atoms with Crippen LogP contribution in [0.1, 0.15) is 36.4 Å². The Hall–Kier alpha value is -0.820. The molecule has 1 saturated carbocycles. The normalized spacial score (nSPS) is 26.0. The van der Waals surface area contributed by atoms with E-state index in [1.807, 2.05) is 0 Å². The SMILES string of the molecule is c1ccc2c(c1)CNC2CC1CC1. The molecule has 0 amide bonds. The molecule has 1 atom stereocenters. The van der Waals surface area contributed by atoms with Gasteiger partial charge in [0.05, 0.1) is 0 Å². The maximum Gasteiger partial charge on any atom is 0.0329 e. The van der Waals surface area contributed by atoms with E-state index < -0.39 is 0 Å². The number of fused-ring (bicyclic) bond motifs is 1. The van der Waals surface area contributed by atoms with Gasteiger partial charge in [-0.3, -0.25) is 0 Å². The quantitative estimate of drug-likeness (QED) is 0.725. The summed E-state index contributed by atoms with van der Waals surface area (Å²) in [5, 5.41) is 3.59. The van der Waals surface area contributed by atoms with Crippen LogP contribution in [0.3, 0.4) is 0 Å². The number of hydrogen-bond donors (Lipinski definition) is 1. The first-order valence-electron chi connectivity index (χ1n) is 5.24. The van der Waals surface area contributed by atoms with E-state index in [1.165, 1.54) is 24.8 Å². The molecule has 3 rings (SSSR count). The predicted octanol–water partition coefficient (Wildman–Crippen LogP) is 2.63. The van der Waals surface area contributed by atoms with Gasteiger partial charge in [0.1, 0.15) is 0 Å². The summed E-state index contributed by atoms with van der Waals surface area (Å²) < 4.78 is 0. The first kappa shape index (κ1) is 7.57. The topological polar surface area (TPSA) is 12.0 Å². The molecule has 0 aromatic heterocycles. The van der Waals surface area contributed by atoms with Crippen molar-refractivity contribution in [1.82, 2.24) is 5.32 Å². The van der Waals surface area contributed by atoms with Crippen molar-refractivity contribution in [3.05, 3.63) is 35.4 Å². The summed E-state index contributed by atoms with van der Waals surface area (Å²) >= 11 is 0. The van der Waals surface area contributed by atoms with E-state index in [4.69, 9.17) is 0 Å². The van der Waals surface area contributed by atoms with E-state index in [2.05, 4.69) is 29.6 Å². The van der Waals surface area contributed by atoms with Gasteiger partial charge in [0.2, 0.25) is 0 Å². The Morgan fingerprint density at radius 1 is 1.23 bits per heavy atom. The molecule has 13 heavy (non-hydrogen) atoms. The lowest BCUT2D eigenvalue weighted by molar-refractivity contribution is 0.510. The molecule has 0 bridgehead atoms. The number of hydrogen-bond acceptors (Lipinski definition) is 1. The van der Waals surface area contributed by atoms with Crippen LogP contribution >= 0.6 is 0 Å². The van der Waals surface area contributed by atoms with Crippen LogP contribution in [0, 0.1) is 5.92 Å². The van der Waals surface area contributed by atoms with Gasteiger partial charge in [0.25, 0.3) is 0 Å². The number of benzene rings is 1. The lowest BCUT2D eigenvalue weighted by Crippen LogP contribution is -2.12. The van der Waals surface area contributed by atoms with E-state index in [0.717, 1.165) is 12.5 Å². The van der Waals surface area contributed by atoms with Gasteiger partial charge in [0, 0.05) is 12.6 Å². The first-order chi connectivity index (χ1) is 6.43. The van der Waals surface area contributed by atoms with E-state index >= 15 is 0 Å². The minimum absolute atomic E-state index is 0.656. The highest BCUT2D eigenvalue weighted by Gasteiger charge is 2.29. The molecule has 1 nitrogen and oxygen atoms in total. The maximum absolute atomic E-state index is 3.59. The summed E-state index contributed by atoms with van der Waals surface area (Å²) in [6.45, 7) is 1.08. The van der Waals surface area contributed by atoms with Crippen LogP contribution in [-0.2, 0) is 6.54 Å². The molecule has 1 aromatic carbocycles. The van der Waals surface area contributed by atoms with Gasteiger partial charge >= 0.3 is 0 Å². The molecule has 1 fully saturated rings. The summed E-state index contributed by atoms with van der Waals surface area (Å²) in [7, 11) is 0. The Morgan fingerprint density at radius 3 is 2.92 bits per heavy atom. The van der Waals surface area contributed by atoms with Crippen LogP contribution in [0.2, 0.25) is 0 Å². The first-order valence-corrected chi connectivity index (χ1v) is 5.24. The van der Waals surface area contributed by atoms with Gasteiger partial charge in [-0.15, -0.1) is 0 Å². The van der Waals surface area contributed by atoms with Crippen molar-refractivity contribution in [2.24, 2.45) is 5.92 Å². The third-order valence-corrected chi connectivity index (χ3v) is 3.24. The molecular formula is C12H15N. The van der Waals surface area contributed by atoms with Gasteiger partial charge in [-0.2, -0.15) is 0 Å². The molecule has 2 aliphatic rings. The van der Waals surface area contributed by atoms with Crippen LogP contribution in [0.15, 0.2) is 24.3 Å². The third-order valence-electron chi connectivity index (χ3n) is 3.24. The number of rotatable bonds is 2. The molecule has 0 spiro atoms. The molecule has 0 saturated heterocycles. The molecule has 68 valence electrons. The van der Waals surface area contributed by atoms with Crippen LogP contribution in [0.5, 0.6) is 0 Å². The maximum atomic E-state index is 3.59. The van der Waals surface area contributed by atoms with Crippen LogP contribution < -0.4 is 5.32 Å². The Labute approximate surface area is 79.2 Å². The molecule has 1 aliphatic carbocycles. The summed E-state index contributed by atoms with van der Waals surface area (Å²) in [6, 6.07) is 9.48. The van der Waals surface area contributed by atoms with Gasteiger partial charge in [-0.05, 0) is 23.5 Å². The lowest BCUT2D eigenvalue weighted by Gasteiger charge is -2.10. The van der Waals surface area contributed by atoms with Crippen LogP contribution in [-0.4, -0.2) is 0 Å². The van der Waals surface area contributed by atoms with E-state index in [9.17, 15) is 0 Å². The van der Waals surface area contributed by atoms with E-state index in [1.54, 1.807) is 5.56 Å². The molecule has 1 heteroatoms. The minimum atomic E-state index is 0.656. The van der Waals surface area contributed by atoms with Crippen molar-refractivity contribution in [3.8, 4) is 0 Å². The van der Waals surface area contributed by atoms with Gasteiger partial charge < -0.3 is 5.32 Å². The van der Waals surface area contributed by atoms with Gasteiger partial charge in [-0.25, -0.2) is 0 Å². The largest absolute Gasteiger partial charge is 0.306 e. The average Bonchev–Trinajstić information content (AvgIpc) is 2.88. The summed E-state index contributed by atoms with van der Waals surface area (Å²) in [4.78, 5) is 0. The molecule has 0 radical (unpaired) electrons. The third kappa shape index (κ3) is 1.37. The van der Waals surface area contributed by atoms with Gasteiger partial charge in [0.15, 0.2) is 0 Å². The monoisotopic (exact) mass is 173 g/mol. The van der Waals surface area contributed by atoms with Gasteiger partial charge in [-0.1, -0.05) is 37.1 Å². The molecule has 1 N–H and O–H groups in total. The predicted molar refractivity (Wildman–Crippen MR) is 53.4 cm³/mol. The highest BCUT2D eigenvalue weighted by Crippen LogP contribution is 2.40. The second-order valence-electron chi connectivity index (χ2n) is 4.31. The Kier molecular flexibility index (Phi) is 1.66. The highest BCUT2D eigenvalue weighted by molar-refractivity contribution is 5.33. The zero-order chi connectivity index (χ0) is 8.67. The van der Waals surface area contributed by atoms with Crippen LogP contribution in [0.4, 0.5) is 0 Å². The van der Waals surface area contributed by atoms with Crippen molar-refractivity contribution in [1.29, 1.82) is 0 Å². The van der Waals surface area contributed by atoms with Crippen molar-refractivity contribution in [2.75, 3.05) is 0 Å². The summed E-state index contributed by atoms with van der Waals surface area (Å²) in [6.07, 6.45) is 4.28. The Bertz CT molecular complexity index is 315. The van der Waals surface area contributed by atoms with E-state index in [-0.39, 0.29) is 0 Å². The van der Waals surface area contributed by atoms with Crippen molar-refractivity contribution in [3.63, 3.8) is 0 Å². The second-order valence-corrected chi connectivity index (χ2v) is 4.31. The zero-order valence-electron chi connectivity index (χ0n) is 7.79. The van der Waals surface area contributed by atoms with Crippen molar-refractivity contribution in [2.45, 2.75) is 31.8 Å². The summed E-state index contributed by atoms with van der Waals surface area (Å²) in [5.41, 5.74) is 3.06. The minimum Gasteiger partial charge on any atom is -0.306 e. The number of nitrogens with one attached hydrogen (secondary N) is 1. The Balaban J connectivity index is 1.84.